The summed E-state index contributed by atoms with van der Waals surface area (Å²) in [5.74, 6) is -0.709. The number of halogens is 1. The minimum absolute atomic E-state index is 0.0913. The molecular weight excluding hydrogens is 259 g/mol. The van der Waals surface area contributed by atoms with Crippen LogP contribution < -0.4 is 5.32 Å². The van der Waals surface area contributed by atoms with Crippen LogP contribution in [0.15, 0.2) is 12.3 Å². The molecule has 0 aromatic carbocycles. The van der Waals surface area contributed by atoms with Gasteiger partial charge in [0.2, 0.25) is 0 Å². The van der Waals surface area contributed by atoms with Gasteiger partial charge in [0, 0.05) is 29.1 Å². The summed E-state index contributed by atoms with van der Waals surface area (Å²) in [5.41, 5.74) is 0.600. The van der Waals surface area contributed by atoms with E-state index in [4.69, 9.17) is 0 Å². The molecule has 2 rings (SSSR count). The van der Waals surface area contributed by atoms with Crippen molar-refractivity contribution in [2.24, 2.45) is 0 Å². The molecule has 92 valence electrons. The van der Waals surface area contributed by atoms with Gasteiger partial charge in [0.05, 0.1) is 0 Å². The Hall–Kier alpha value is -0.750. The van der Waals surface area contributed by atoms with Crippen LogP contribution in [0.5, 0.6) is 0 Å². The Morgan fingerprint density at radius 1 is 1.71 bits per heavy atom. The summed E-state index contributed by atoms with van der Waals surface area (Å²) < 4.78 is 13.7. The molecule has 1 saturated carbocycles. The lowest BCUT2D eigenvalue weighted by Gasteiger charge is -2.09. The molecule has 6 heteroatoms. The zero-order valence-corrected chi connectivity index (χ0v) is 11.0. The maximum absolute atomic E-state index is 13.7. The summed E-state index contributed by atoms with van der Waals surface area (Å²) in [6, 6.07) is 1.44. The topological polar surface area (TPSA) is 42.0 Å². The van der Waals surface area contributed by atoms with Crippen LogP contribution >= 0.6 is 22.5 Å². The van der Waals surface area contributed by atoms with E-state index in [1.165, 1.54) is 23.1 Å². The van der Waals surface area contributed by atoms with Crippen LogP contribution in [0.2, 0.25) is 0 Å². The minimum atomic E-state index is -0.407. The molecule has 1 fully saturated rings. The number of hydrogen-bond acceptors (Lipinski definition) is 4. The van der Waals surface area contributed by atoms with Crippen LogP contribution in [-0.4, -0.2) is 16.9 Å². The number of nitrogens with zero attached hydrogens (tertiary/aromatic N) is 1. The van der Waals surface area contributed by atoms with Crippen molar-refractivity contribution < 1.29 is 9.18 Å². The minimum Gasteiger partial charge on any atom is -0.348 e. The Labute approximate surface area is 108 Å². The second kappa shape index (κ2) is 5.27. The average molecular weight is 272 g/mol. The molecule has 0 saturated heterocycles. The smallest absolute Gasteiger partial charge is 0.270 e. The fourth-order valence-electron chi connectivity index (χ4n) is 1.41. The van der Waals surface area contributed by atoms with Crippen LogP contribution in [0.4, 0.5) is 4.39 Å². The summed E-state index contributed by atoms with van der Waals surface area (Å²) in [5, 5.41) is 2.68. The molecule has 1 unspecified atom stereocenters. The maximum Gasteiger partial charge on any atom is 0.270 e. The third-order valence-electron chi connectivity index (χ3n) is 2.62. The SMILES string of the molecule is CC(SS)c1cnc(C(=O)NC2CC2)cc1F. The van der Waals surface area contributed by atoms with Crippen LogP contribution in [-0.2, 0) is 0 Å². The van der Waals surface area contributed by atoms with Gasteiger partial charge in [0.1, 0.15) is 11.5 Å². The number of thiol groups is 1. The number of amides is 1. The van der Waals surface area contributed by atoms with Crippen LogP contribution in [0, 0.1) is 5.82 Å². The molecule has 1 amide bonds. The molecule has 1 atom stereocenters. The first-order valence-electron chi connectivity index (χ1n) is 5.38. The fraction of sp³-hybridized carbons (Fsp3) is 0.455. The largest absolute Gasteiger partial charge is 0.348 e. The second-order valence-electron chi connectivity index (χ2n) is 4.09. The molecule has 17 heavy (non-hydrogen) atoms. The van der Waals surface area contributed by atoms with E-state index in [9.17, 15) is 9.18 Å². The number of aromatic nitrogens is 1. The van der Waals surface area contributed by atoms with Gasteiger partial charge in [-0.3, -0.25) is 9.78 Å². The van der Waals surface area contributed by atoms with E-state index in [1.54, 1.807) is 0 Å². The average Bonchev–Trinajstić information content (AvgIpc) is 3.11. The Kier molecular flexibility index (Phi) is 3.93. The lowest BCUT2D eigenvalue weighted by Crippen LogP contribution is -2.26. The predicted octanol–water partition coefficient (Wildman–Crippen LogP) is 2.75. The summed E-state index contributed by atoms with van der Waals surface area (Å²) in [4.78, 5) is 15.6. The maximum atomic E-state index is 13.7. The monoisotopic (exact) mass is 272 g/mol. The lowest BCUT2D eigenvalue weighted by atomic mass is 10.2. The van der Waals surface area contributed by atoms with Gasteiger partial charge in [-0.1, -0.05) is 10.8 Å². The van der Waals surface area contributed by atoms with Crippen molar-refractivity contribution in [1.29, 1.82) is 0 Å². The van der Waals surface area contributed by atoms with E-state index in [0.29, 0.717) is 5.56 Å². The first-order valence-corrected chi connectivity index (χ1v) is 7.31. The number of rotatable bonds is 4. The summed E-state index contributed by atoms with van der Waals surface area (Å²) >= 11 is 4.04. The molecule has 1 aromatic heterocycles. The van der Waals surface area contributed by atoms with E-state index in [2.05, 4.69) is 22.0 Å². The third kappa shape index (κ3) is 3.13. The van der Waals surface area contributed by atoms with Gasteiger partial charge >= 0.3 is 0 Å². The van der Waals surface area contributed by atoms with Gasteiger partial charge in [-0.25, -0.2) is 4.39 Å². The molecule has 0 bridgehead atoms. The summed E-state index contributed by atoms with van der Waals surface area (Å²) in [6.07, 6.45) is 3.41. The van der Waals surface area contributed by atoms with Crippen molar-refractivity contribution in [1.82, 2.24) is 10.3 Å². The Bertz CT molecular complexity index is 437. The van der Waals surface area contributed by atoms with Gasteiger partial charge in [0.25, 0.3) is 5.91 Å². The van der Waals surface area contributed by atoms with Crippen molar-refractivity contribution in [3.63, 3.8) is 0 Å². The van der Waals surface area contributed by atoms with Gasteiger partial charge in [0.15, 0.2) is 0 Å². The molecule has 0 aliphatic heterocycles. The molecule has 1 aliphatic carbocycles. The number of carbonyl (C=O) groups is 1. The van der Waals surface area contributed by atoms with Crippen molar-refractivity contribution >= 4 is 28.4 Å². The molecule has 1 heterocycles. The van der Waals surface area contributed by atoms with E-state index in [0.717, 1.165) is 12.8 Å². The zero-order chi connectivity index (χ0) is 12.4. The highest BCUT2D eigenvalue weighted by atomic mass is 33.1. The Morgan fingerprint density at radius 3 is 2.94 bits per heavy atom. The van der Waals surface area contributed by atoms with E-state index >= 15 is 0 Å². The van der Waals surface area contributed by atoms with E-state index < -0.39 is 5.82 Å². The number of pyridine rings is 1. The van der Waals surface area contributed by atoms with Crippen molar-refractivity contribution in [3.05, 3.63) is 29.3 Å². The normalized spacial score (nSPS) is 16.6. The molecule has 1 aliphatic rings. The predicted molar refractivity (Wildman–Crippen MR) is 69.7 cm³/mol. The van der Waals surface area contributed by atoms with Gasteiger partial charge in [-0.15, -0.1) is 11.7 Å². The molecule has 1 N–H and O–H groups in total. The molecular formula is C11H13FN2OS2. The molecule has 3 nitrogen and oxygen atoms in total. The zero-order valence-electron chi connectivity index (χ0n) is 9.31. The van der Waals surface area contributed by atoms with E-state index in [-0.39, 0.29) is 22.9 Å². The van der Waals surface area contributed by atoms with Crippen molar-refractivity contribution in [3.8, 4) is 0 Å². The highest BCUT2D eigenvalue weighted by molar-refractivity contribution is 8.68. The fourth-order valence-corrected chi connectivity index (χ4v) is 2.04. The van der Waals surface area contributed by atoms with Gasteiger partial charge < -0.3 is 5.32 Å². The van der Waals surface area contributed by atoms with Gasteiger partial charge in [-0.2, -0.15) is 0 Å². The second-order valence-corrected chi connectivity index (χ2v) is 5.64. The molecule has 0 spiro atoms. The third-order valence-corrected chi connectivity index (χ3v) is 4.14. The standard InChI is InChI=1S/C11H13FN2OS2/c1-6(17-16)8-5-13-10(4-9(8)12)11(15)14-7-2-3-7/h4-7,16H,2-3H2,1H3,(H,14,15). The Morgan fingerprint density at radius 2 is 2.41 bits per heavy atom. The van der Waals surface area contributed by atoms with Crippen LogP contribution in [0.1, 0.15) is 41.1 Å². The van der Waals surface area contributed by atoms with Crippen LogP contribution in [0.25, 0.3) is 0 Å². The van der Waals surface area contributed by atoms with Crippen molar-refractivity contribution in [2.45, 2.75) is 31.1 Å². The molecule has 1 aromatic rings. The van der Waals surface area contributed by atoms with Crippen LogP contribution in [0.3, 0.4) is 0 Å². The highest BCUT2D eigenvalue weighted by Gasteiger charge is 2.25. The highest BCUT2D eigenvalue weighted by Crippen LogP contribution is 2.31. The first kappa shape index (κ1) is 12.7. The van der Waals surface area contributed by atoms with E-state index in [1.807, 2.05) is 6.92 Å². The molecule has 0 radical (unpaired) electrons. The number of nitrogens with one attached hydrogen (secondary N) is 1. The summed E-state index contributed by atoms with van der Waals surface area (Å²) in [6.45, 7) is 1.84. The van der Waals surface area contributed by atoms with Gasteiger partial charge in [-0.05, 0) is 19.8 Å². The lowest BCUT2D eigenvalue weighted by molar-refractivity contribution is 0.0945. The quantitative estimate of drug-likeness (QED) is 0.654. The summed E-state index contributed by atoms with van der Waals surface area (Å²) in [7, 11) is 1.24. The number of carbonyl (C=O) groups excluding carboxylic acids is 1. The number of hydrogen-bond donors (Lipinski definition) is 2. The first-order chi connectivity index (χ1) is 8.11. The Balaban J connectivity index is 2.14. The van der Waals surface area contributed by atoms with Crippen molar-refractivity contribution in [2.75, 3.05) is 0 Å².